The van der Waals surface area contributed by atoms with Crippen LogP contribution in [0.4, 0.5) is 0 Å². The number of benzene rings is 1. The van der Waals surface area contributed by atoms with Crippen LogP contribution in [0.3, 0.4) is 0 Å². The fraction of sp³-hybridized carbons (Fsp3) is 0.409. The zero-order chi connectivity index (χ0) is 18.9. The topological polar surface area (TPSA) is 62.3 Å². The van der Waals surface area contributed by atoms with Gasteiger partial charge >= 0.3 is 0 Å². The van der Waals surface area contributed by atoms with E-state index in [4.69, 9.17) is 0 Å². The SMILES string of the molecule is CNC(=O)C[C@@H]1CC2(CCN(C(=O)c3ccccn3)CC2)c2ccccc21. The lowest BCUT2D eigenvalue weighted by Crippen LogP contribution is -2.44. The number of aromatic nitrogens is 1. The molecule has 4 rings (SSSR count). The lowest BCUT2D eigenvalue weighted by atomic mass is 9.73. The quantitative estimate of drug-likeness (QED) is 0.912. The van der Waals surface area contributed by atoms with E-state index >= 15 is 0 Å². The molecule has 1 N–H and O–H groups in total. The van der Waals surface area contributed by atoms with Gasteiger partial charge in [-0.1, -0.05) is 30.3 Å². The van der Waals surface area contributed by atoms with Crippen molar-refractivity contribution >= 4 is 11.8 Å². The highest BCUT2D eigenvalue weighted by Gasteiger charge is 2.46. The molecule has 1 atom stereocenters. The Bertz CT molecular complexity index is 842. The fourth-order valence-electron chi connectivity index (χ4n) is 4.80. The molecule has 140 valence electrons. The minimum atomic E-state index is 0.0126. The van der Waals surface area contributed by atoms with Crippen molar-refractivity contribution < 1.29 is 9.59 Å². The highest BCUT2D eigenvalue weighted by molar-refractivity contribution is 5.92. The van der Waals surface area contributed by atoms with E-state index in [1.54, 1.807) is 19.3 Å². The molecule has 2 aromatic rings. The number of nitrogens with zero attached hydrogens (tertiary/aromatic N) is 2. The average molecular weight is 363 g/mol. The first-order valence-electron chi connectivity index (χ1n) is 9.63. The third-order valence-corrected chi connectivity index (χ3v) is 6.21. The molecule has 5 heteroatoms. The number of nitrogens with one attached hydrogen (secondary N) is 1. The van der Waals surface area contributed by atoms with E-state index in [2.05, 4.69) is 34.6 Å². The number of piperidine rings is 1. The van der Waals surface area contributed by atoms with Crippen LogP contribution in [0.2, 0.25) is 0 Å². The van der Waals surface area contributed by atoms with Crippen LogP contribution < -0.4 is 5.32 Å². The number of fused-ring (bicyclic) bond motifs is 2. The van der Waals surface area contributed by atoms with Crippen LogP contribution in [0.5, 0.6) is 0 Å². The van der Waals surface area contributed by atoms with Crippen molar-refractivity contribution in [2.45, 2.75) is 37.0 Å². The molecule has 1 aliphatic carbocycles. The van der Waals surface area contributed by atoms with Crippen LogP contribution in [-0.2, 0) is 10.2 Å². The third-order valence-electron chi connectivity index (χ3n) is 6.21. The van der Waals surface area contributed by atoms with Crippen LogP contribution in [-0.4, -0.2) is 41.8 Å². The van der Waals surface area contributed by atoms with Crippen LogP contribution in [0.25, 0.3) is 0 Å². The molecular formula is C22H25N3O2. The van der Waals surface area contributed by atoms with E-state index in [0.29, 0.717) is 12.1 Å². The Morgan fingerprint density at radius 2 is 1.89 bits per heavy atom. The van der Waals surface area contributed by atoms with Gasteiger partial charge in [-0.05, 0) is 53.9 Å². The van der Waals surface area contributed by atoms with Gasteiger partial charge in [0.05, 0.1) is 0 Å². The van der Waals surface area contributed by atoms with E-state index < -0.39 is 0 Å². The number of amides is 2. The van der Waals surface area contributed by atoms with Gasteiger partial charge in [0.2, 0.25) is 5.91 Å². The minimum absolute atomic E-state index is 0.0126. The second-order valence-corrected chi connectivity index (χ2v) is 7.65. The summed E-state index contributed by atoms with van der Waals surface area (Å²) in [5.41, 5.74) is 3.28. The Labute approximate surface area is 159 Å². The van der Waals surface area contributed by atoms with Gasteiger partial charge in [0.15, 0.2) is 0 Å². The van der Waals surface area contributed by atoms with Crippen molar-refractivity contribution in [1.29, 1.82) is 0 Å². The maximum atomic E-state index is 12.7. The molecule has 1 aliphatic heterocycles. The van der Waals surface area contributed by atoms with Gasteiger partial charge in [0.1, 0.15) is 5.69 Å². The third kappa shape index (κ3) is 3.22. The molecule has 5 nitrogen and oxygen atoms in total. The largest absolute Gasteiger partial charge is 0.359 e. The Kier molecular flexibility index (Phi) is 4.68. The number of pyridine rings is 1. The number of hydrogen-bond donors (Lipinski definition) is 1. The van der Waals surface area contributed by atoms with E-state index in [1.807, 2.05) is 17.0 Å². The van der Waals surface area contributed by atoms with Crippen molar-refractivity contribution in [3.63, 3.8) is 0 Å². The molecule has 0 radical (unpaired) electrons. The molecular weight excluding hydrogens is 338 g/mol. The standard InChI is InChI=1S/C22H25N3O2/c1-23-20(26)14-16-15-22(18-7-3-2-6-17(16)18)9-12-25(13-10-22)21(27)19-8-4-5-11-24-19/h2-8,11,16H,9-10,12-15H2,1H3,(H,23,26)/t16-/m1/s1. The van der Waals surface area contributed by atoms with E-state index in [9.17, 15) is 9.59 Å². The number of hydrogen-bond acceptors (Lipinski definition) is 3. The average Bonchev–Trinajstić information content (AvgIpc) is 3.02. The number of likely N-dealkylation sites (tertiary alicyclic amines) is 1. The molecule has 0 saturated carbocycles. The summed E-state index contributed by atoms with van der Waals surface area (Å²) in [5, 5.41) is 2.76. The Morgan fingerprint density at radius 3 is 2.59 bits per heavy atom. The molecule has 1 saturated heterocycles. The molecule has 27 heavy (non-hydrogen) atoms. The first kappa shape index (κ1) is 17.7. The van der Waals surface area contributed by atoms with Crippen molar-refractivity contribution in [2.24, 2.45) is 0 Å². The summed E-state index contributed by atoms with van der Waals surface area (Å²) in [7, 11) is 1.70. The monoisotopic (exact) mass is 363 g/mol. The van der Waals surface area contributed by atoms with Gasteiger partial charge in [0, 0.05) is 32.8 Å². The van der Waals surface area contributed by atoms with Crippen molar-refractivity contribution in [1.82, 2.24) is 15.2 Å². The predicted octanol–water partition coefficient (Wildman–Crippen LogP) is 2.88. The van der Waals surface area contributed by atoms with Crippen molar-refractivity contribution in [2.75, 3.05) is 20.1 Å². The molecule has 1 aromatic carbocycles. The lowest BCUT2D eigenvalue weighted by Gasteiger charge is -2.40. The maximum absolute atomic E-state index is 12.7. The summed E-state index contributed by atoms with van der Waals surface area (Å²) in [6.45, 7) is 1.47. The molecule has 0 bridgehead atoms. The summed E-state index contributed by atoms with van der Waals surface area (Å²) in [5.74, 6) is 0.368. The van der Waals surface area contributed by atoms with Gasteiger partial charge < -0.3 is 10.2 Å². The van der Waals surface area contributed by atoms with Gasteiger partial charge in [-0.15, -0.1) is 0 Å². The highest BCUT2D eigenvalue weighted by Crippen LogP contribution is 2.52. The van der Waals surface area contributed by atoms with Crippen LogP contribution >= 0.6 is 0 Å². The summed E-state index contributed by atoms with van der Waals surface area (Å²) < 4.78 is 0. The summed E-state index contributed by atoms with van der Waals surface area (Å²) >= 11 is 0. The molecule has 2 aliphatic rings. The smallest absolute Gasteiger partial charge is 0.272 e. The summed E-state index contributed by atoms with van der Waals surface area (Å²) in [4.78, 5) is 30.8. The predicted molar refractivity (Wildman–Crippen MR) is 104 cm³/mol. The minimum Gasteiger partial charge on any atom is -0.359 e. The Hall–Kier alpha value is -2.69. The van der Waals surface area contributed by atoms with Crippen LogP contribution in [0.1, 0.15) is 53.2 Å². The zero-order valence-electron chi connectivity index (χ0n) is 15.6. The number of carbonyl (C=O) groups excluding carboxylic acids is 2. The van der Waals surface area contributed by atoms with Crippen molar-refractivity contribution in [3.05, 3.63) is 65.5 Å². The maximum Gasteiger partial charge on any atom is 0.272 e. The Balaban J connectivity index is 1.52. The first-order chi connectivity index (χ1) is 13.1. The van der Waals surface area contributed by atoms with E-state index in [-0.39, 0.29) is 23.1 Å². The van der Waals surface area contributed by atoms with E-state index in [1.165, 1.54) is 11.1 Å². The van der Waals surface area contributed by atoms with Crippen molar-refractivity contribution in [3.8, 4) is 0 Å². The molecule has 1 spiro atoms. The van der Waals surface area contributed by atoms with E-state index in [0.717, 1.165) is 32.4 Å². The molecule has 1 fully saturated rings. The van der Waals surface area contributed by atoms with Gasteiger partial charge in [-0.25, -0.2) is 0 Å². The Morgan fingerprint density at radius 1 is 1.15 bits per heavy atom. The van der Waals surface area contributed by atoms with Gasteiger partial charge in [-0.3, -0.25) is 14.6 Å². The zero-order valence-corrected chi connectivity index (χ0v) is 15.6. The lowest BCUT2D eigenvalue weighted by molar-refractivity contribution is -0.121. The highest BCUT2D eigenvalue weighted by atomic mass is 16.2. The molecule has 1 aromatic heterocycles. The number of carbonyl (C=O) groups is 2. The number of rotatable bonds is 3. The summed E-state index contributed by atoms with van der Waals surface area (Å²) in [6, 6.07) is 14.0. The summed E-state index contributed by atoms with van der Waals surface area (Å²) in [6.07, 6.45) is 5.06. The molecule has 2 heterocycles. The first-order valence-corrected chi connectivity index (χ1v) is 9.63. The fourth-order valence-corrected chi connectivity index (χ4v) is 4.80. The molecule has 0 unspecified atom stereocenters. The van der Waals surface area contributed by atoms with Gasteiger partial charge in [-0.2, -0.15) is 0 Å². The normalized spacial score (nSPS) is 20.3. The molecule has 2 amide bonds. The van der Waals surface area contributed by atoms with Crippen LogP contribution in [0.15, 0.2) is 48.7 Å². The second kappa shape index (κ2) is 7.14. The van der Waals surface area contributed by atoms with Gasteiger partial charge in [0.25, 0.3) is 5.91 Å². The van der Waals surface area contributed by atoms with Crippen LogP contribution in [0, 0.1) is 0 Å². The second-order valence-electron chi connectivity index (χ2n) is 7.65.